The van der Waals surface area contributed by atoms with E-state index in [1.165, 1.54) is 23.5 Å². The van der Waals surface area contributed by atoms with E-state index < -0.39 is 5.82 Å². The van der Waals surface area contributed by atoms with E-state index >= 15 is 0 Å². The lowest BCUT2D eigenvalue weighted by Crippen LogP contribution is -2.55. The zero-order chi connectivity index (χ0) is 19.0. The van der Waals surface area contributed by atoms with Crippen molar-refractivity contribution < 1.29 is 19.0 Å². The first kappa shape index (κ1) is 18.0. The first-order valence-corrected chi connectivity index (χ1v) is 9.55. The number of piperidine rings is 1. The van der Waals surface area contributed by atoms with Crippen molar-refractivity contribution in [3.05, 3.63) is 34.3 Å². The van der Waals surface area contributed by atoms with Crippen LogP contribution in [0.25, 0.3) is 11.1 Å². The molecule has 9 heteroatoms. The van der Waals surface area contributed by atoms with Gasteiger partial charge in [0.15, 0.2) is 0 Å². The van der Waals surface area contributed by atoms with E-state index in [1.54, 1.807) is 5.38 Å². The molecule has 4 rings (SSSR count). The van der Waals surface area contributed by atoms with E-state index in [2.05, 4.69) is 10.4 Å². The fourth-order valence-corrected chi connectivity index (χ4v) is 4.61. The Morgan fingerprint density at radius 2 is 2.04 bits per heavy atom. The van der Waals surface area contributed by atoms with Crippen molar-refractivity contribution in [2.24, 2.45) is 22.8 Å². The Kier molecular flexibility index (Phi) is 4.90. The molecule has 0 radical (unpaired) electrons. The molecule has 3 heterocycles. The summed E-state index contributed by atoms with van der Waals surface area (Å²) < 4.78 is 26.0. The van der Waals surface area contributed by atoms with Crippen LogP contribution in [-0.4, -0.2) is 43.4 Å². The van der Waals surface area contributed by atoms with Crippen molar-refractivity contribution in [1.29, 1.82) is 0 Å². The lowest BCUT2D eigenvalue weighted by atomic mass is 9.86. The fourth-order valence-electron chi connectivity index (χ4n) is 3.68. The molecule has 6 N–H and O–H groups in total. The van der Waals surface area contributed by atoms with Gasteiger partial charge in [0, 0.05) is 47.5 Å². The standard InChI is InChI=1S/C18H21FN4O3S/c19-14-3-11(24)1-2-12(14)13-8-27-17(15(13)20)18(23-21)26-16-9-4-22-5-10(16)7-25-6-9/h1-3,8-10,16,22,24H,4-7,20-21H2/b23-18-. The molecule has 7 nitrogen and oxygen atoms in total. The number of nitrogen functional groups attached to an aromatic ring is 1. The van der Waals surface area contributed by atoms with Gasteiger partial charge in [0.2, 0.25) is 5.90 Å². The van der Waals surface area contributed by atoms with Crippen LogP contribution >= 0.6 is 11.3 Å². The number of nitrogens with one attached hydrogen (secondary N) is 1. The van der Waals surface area contributed by atoms with Crippen LogP contribution in [0.4, 0.5) is 10.1 Å². The highest BCUT2D eigenvalue weighted by Crippen LogP contribution is 2.38. The zero-order valence-corrected chi connectivity index (χ0v) is 15.3. The summed E-state index contributed by atoms with van der Waals surface area (Å²) in [5, 5.41) is 18.3. The lowest BCUT2D eigenvalue weighted by molar-refractivity contribution is -0.0868. The normalized spacial score (nSPS) is 25.4. The number of ether oxygens (including phenoxy) is 2. The quantitative estimate of drug-likeness (QED) is 0.274. The first-order chi connectivity index (χ1) is 13.1. The average molecular weight is 392 g/mol. The monoisotopic (exact) mass is 392 g/mol. The Morgan fingerprint density at radius 3 is 2.70 bits per heavy atom. The van der Waals surface area contributed by atoms with Gasteiger partial charge in [-0.05, 0) is 12.1 Å². The number of aromatic hydroxyl groups is 1. The molecule has 2 unspecified atom stereocenters. The summed E-state index contributed by atoms with van der Waals surface area (Å²) in [6.45, 7) is 2.86. The van der Waals surface area contributed by atoms with Gasteiger partial charge >= 0.3 is 0 Å². The second-order valence-electron chi connectivity index (χ2n) is 6.79. The van der Waals surface area contributed by atoms with Crippen molar-refractivity contribution >= 4 is 22.9 Å². The van der Waals surface area contributed by atoms with Crippen LogP contribution in [0, 0.1) is 17.7 Å². The number of phenols is 1. The van der Waals surface area contributed by atoms with Gasteiger partial charge in [-0.1, -0.05) is 0 Å². The molecule has 2 fully saturated rings. The summed E-state index contributed by atoms with van der Waals surface area (Å²) in [7, 11) is 0. The Labute approximate surface area is 159 Å². The number of hydrogen-bond acceptors (Lipinski definition) is 8. The van der Waals surface area contributed by atoms with Gasteiger partial charge in [-0.2, -0.15) is 0 Å². The highest BCUT2D eigenvalue weighted by atomic mass is 32.1. The maximum Gasteiger partial charge on any atom is 0.250 e. The van der Waals surface area contributed by atoms with Crippen LogP contribution in [0.15, 0.2) is 28.7 Å². The Hall–Kier alpha value is -2.36. The van der Waals surface area contributed by atoms with Crippen LogP contribution in [-0.2, 0) is 9.47 Å². The third-order valence-electron chi connectivity index (χ3n) is 5.04. The SMILES string of the molecule is N/N=C(\OC1C2CNCC1COC2)c1scc(-c2ccc(O)cc2F)c1N. The highest BCUT2D eigenvalue weighted by molar-refractivity contribution is 7.13. The van der Waals surface area contributed by atoms with Crippen LogP contribution in [0.3, 0.4) is 0 Å². The topological polar surface area (TPSA) is 115 Å². The summed E-state index contributed by atoms with van der Waals surface area (Å²) in [6, 6.07) is 3.96. The van der Waals surface area contributed by atoms with Crippen LogP contribution < -0.4 is 16.9 Å². The zero-order valence-electron chi connectivity index (χ0n) is 14.5. The number of fused-ring (bicyclic) bond motifs is 2. The number of benzene rings is 1. The molecule has 27 heavy (non-hydrogen) atoms. The van der Waals surface area contributed by atoms with Gasteiger partial charge in [0.25, 0.3) is 0 Å². The molecule has 0 amide bonds. The van der Waals surface area contributed by atoms with E-state index in [4.69, 9.17) is 21.1 Å². The van der Waals surface area contributed by atoms with Crippen LogP contribution in [0.2, 0.25) is 0 Å². The van der Waals surface area contributed by atoms with Crippen LogP contribution in [0.5, 0.6) is 5.75 Å². The van der Waals surface area contributed by atoms with Crippen LogP contribution in [0.1, 0.15) is 4.88 Å². The molecule has 2 bridgehead atoms. The van der Waals surface area contributed by atoms with Gasteiger partial charge in [-0.25, -0.2) is 4.39 Å². The number of rotatable bonds is 3. The number of hydrazone groups is 1. The smallest absolute Gasteiger partial charge is 0.250 e. The summed E-state index contributed by atoms with van der Waals surface area (Å²) in [4.78, 5) is 0.567. The minimum atomic E-state index is -0.553. The molecule has 1 aromatic carbocycles. The van der Waals surface area contributed by atoms with Gasteiger partial charge in [0.1, 0.15) is 22.5 Å². The Morgan fingerprint density at radius 1 is 1.30 bits per heavy atom. The number of anilines is 1. The van der Waals surface area contributed by atoms with E-state index in [1.807, 2.05) is 0 Å². The minimum Gasteiger partial charge on any atom is -0.508 e. The second-order valence-corrected chi connectivity index (χ2v) is 7.67. The van der Waals surface area contributed by atoms with Gasteiger partial charge in [-0.15, -0.1) is 16.4 Å². The number of thiophene rings is 1. The van der Waals surface area contributed by atoms with Gasteiger partial charge in [0.05, 0.1) is 18.9 Å². The third-order valence-corrected chi connectivity index (χ3v) is 6.02. The maximum absolute atomic E-state index is 14.2. The Balaban J connectivity index is 1.61. The first-order valence-electron chi connectivity index (χ1n) is 8.67. The number of phenolic OH excluding ortho intramolecular Hbond substituents is 1. The lowest BCUT2D eigenvalue weighted by Gasteiger charge is -2.42. The number of halogens is 1. The predicted molar refractivity (Wildman–Crippen MR) is 102 cm³/mol. The van der Waals surface area contributed by atoms with Gasteiger partial charge in [-0.3, -0.25) is 0 Å². The molecule has 0 aliphatic carbocycles. The maximum atomic E-state index is 14.2. The van der Waals surface area contributed by atoms with Crippen molar-refractivity contribution in [3.63, 3.8) is 0 Å². The predicted octanol–water partition coefficient (Wildman–Crippen LogP) is 1.71. The molecular formula is C18H21FN4O3S. The molecule has 2 atom stereocenters. The van der Waals surface area contributed by atoms with Crippen molar-refractivity contribution in [2.45, 2.75) is 6.10 Å². The van der Waals surface area contributed by atoms with E-state index in [0.717, 1.165) is 19.2 Å². The van der Waals surface area contributed by atoms with E-state index in [0.29, 0.717) is 34.9 Å². The molecule has 2 aromatic rings. The minimum absolute atomic E-state index is 0.0577. The molecule has 2 aliphatic rings. The highest BCUT2D eigenvalue weighted by Gasteiger charge is 2.40. The largest absolute Gasteiger partial charge is 0.508 e. The summed E-state index contributed by atoms with van der Waals surface area (Å²) >= 11 is 1.30. The molecule has 144 valence electrons. The molecular weight excluding hydrogens is 371 g/mol. The van der Waals surface area contributed by atoms with Crippen molar-refractivity contribution in [3.8, 4) is 16.9 Å². The van der Waals surface area contributed by atoms with E-state index in [9.17, 15) is 9.50 Å². The van der Waals surface area contributed by atoms with Crippen molar-refractivity contribution in [1.82, 2.24) is 5.32 Å². The molecule has 2 saturated heterocycles. The van der Waals surface area contributed by atoms with Crippen molar-refractivity contribution in [2.75, 3.05) is 32.0 Å². The molecule has 2 aliphatic heterocycles. The van der Waals surface area contributed by atoms with E-state index in [-0.39, 0.29) is 29.6 Å². The summed E-state index contributed by atoms with van der Waals surface area (Å²) in [5.41, 5.74) is 7.44. The molecule has 0 spiro atoms. The number of nitrogens with zero attached hydrogens (tertiary/aromatic N) is 1. The third kappa shape index (κ3) is 3.33. The summed E-state index contributed by atoms with van der Waals surface area (Å²) in [5.74, 6) is 5.59. The Bertz CT molecular complexity index is 850. The average Bonchev–Trinajstić information content (AvgIpc) is 3.00. The fraction of sp³-hybridized carbons (Fsp3) is 0.389. The molecule has 0 saturated carbocycles. The summed E-state index contributed by atoms with van der Waals surface area (Å²) in [6.07, 6.45) is -0.0577. The number of hydrogen-bond donors (Lipinski definition) is 4. The van der Waals surface area contributed by atoms with Gasteiger partial charge < -0.3 is 31.5 Å². The molecule has 1 aromatic heterocycles. The number of nitrogens with two attached hydrogens (primary N) is 2. The second kappa shape index (κ2) is 7.34.